The van der Waals surface area contributed by atoms with Gasteiger partial charge in [-0.15, -0.1) is 24.0 Å². The van der Waals surface area contributed by atoms with Crippen LogP contribution in [0.3, 0.4) is 0 Å². The van der Waals surface area contributed by atoms with E-state index in [0.717, 1.165) is 31.0 Å². The summed E-state index contributed by atoms with van der Waals surface area (Å²) in [4.78, 5) is 4.40. The summed E-state index contributed by atoms with van der Waals surface area (Å²) in [7, 11) is 0. The Hall–Kier alpha value is -1.74. The summed E-state index contributed by atoms with van der Waals surface area (Å²) >= 11 is 0. The normalized spacial score (nSPS) is 16.6. The molecule has 7 heteroatoms. The van der Waals surface area contributed by atoms with Crippen molar-refractivity contribution < 1.29 is 13.5 Å². The SMILES string of the molecule is I.NC(=NCC1(c2ccccc2)CCOCC1)Nc1cc(F)ccc1F. The number of aliphatic imine (C=N–C) groups is 1. The largest absolute Gasteiger partial charge is 0.381 e. The number of nitrogens with zero attached hydrogens (tertiary/aromatic N) is 1. The van der Waals surface area contributed by atoms with Crippen LogP contribution >= 0.6 is 24.0 Å². The zero-order chi connectivity index (χ0) is 17.7. The number of benzene rings is 2. The number of anilines is 1. The summed E-state index contributed by atoms with van der Waals surface area (Å²) < 4.78 is 32.5. The molecule has 140 valence electrons. The summed E-state index contributed by atoms with van der Waals surface area (Å²) in [5.74, 6) is -1.06. The predicted molar refractivity (Wildman–Crippen MR) is 110 cm³/mol. The molecule has 1 aliphatic rings. The molecule has 0 aromatic heterocycles. The van der Waals surface area contributed by atoms with Gasteiger partial charge in [0.05, 0.1) is 12.2 Å². The molecule has 0 amide bonds. The molecule has 2 aromatic carbocycles. The van der Waals surface area contributed by atoms with Crippen LogP contribution in [0.4, 0.5) is 14.5 Å². The minimum Gasteiger partial charge on any atom is -0.381 e. The van der Waals surface area contributed by atoms with E-state index in [4.69, 9.17) is 10.5 Å². The first-order valence-electron chi connectivity index (χ1n) is 8.24. The molecule has 1 heterocycles. The van der Waals surface area contributed by atoms with E-state index in [2.05, 4.69) is 22.4 Å². The number of hydrogen-bond donors (Lipinski definition) is 2. The molecule has 0 aliphatic carbocycles. The maximum Gasteiger partial charge on any atom is 0.193 e. The summed E-state index contributed by atoms with van der Waals surface area (Å²) in [6.07, 6.45) is 1.67. The molecule has 1 fully saturated rings. The number of nitrogens with one attached hydrogen (secondary N) is 1. The van der Waals surface area contributed by atoms with E-state index in [0.29, 0.717) is 19.8 Å². The predicted octanol–water partition coefficient (Wildman–Crippen LogP) is 4.06. The first-order valence-corrected chi connectivity index (χ1v) is 8.24. The van der Waals surface area contributed by atoms with E-state index in [9.17, 15) is 8.78 Å². The van der Waals surface area contributed by atoms with E-state index < -0.39 is 11.6 Å². The van der Waals surface area contributed by atoms with Gasteiger partial charge in [-0.3, -0.25) is 4.99 Å². The number of hydrogen-bond acceptors (Lipinski definition) is 2. The Morgan fingerprint density at radius 2 is 1.81 bits per heavy atom. The third-order valence-corrected chi connectivity index (χ3v) is 4.58. The van der Waals surface area contributed by atoms with Gasteiger partial charge in [0.15, 0.2) is 5.96 Å². The third-order valence-electron chi connectivity index (χ3n) is 4.58. The quantitative estimate of drug-likeness (QED) is 0.400. The van der Waals surface area contributed by atoms with Crippen LogP contribution in [-0.2, 0) is 10.2 Å². The lowest BCUT2D eigenvalue weighted by molar-refractivity contribution is 0.0531. The molecule has 2 aromatic rings. The fraction of sp³-hybridized carbons (Fsp3) is 0.316. The zero-order valence-electron chi connectivity index (χ0n) is 14.3. The van der Waals surface area contributed by atoms with E-state index in [1.165, 1.54) is 5.56 Å². The molecule has 0 unspecified atom stereocenters. The number of halogens is 3. The molecule has 1 saturated heterocycles. The van der Waals surface area contributed by atoms with Crippen LogP contribution in [-0.4, -0.2) is 25.7 Å². The third kappa shape index (κ3) is 4.91. The highest BCUT2D eigenvalue weighted by molar-refractivity contribution is 14.0. The highest BCUT2D eigenvalue weighted by Crippen LogP contribution is 2.35. The lowest BCUT2D eigenvalue weighted by Gasteiger charge is -2.36. The Morgan fingerprint density at radius 3 is 2.50 bits per heavy atom. The van der Waals surface area contributed by atoms with Gasteiger partial charge in [-0.1, -0.05) is 30.3 Å². The Morgan fingerprint density at radius 1 is 1.12 bits per heavy atom. The van der Waals surface area contributed by atoms with Crippen molar-refractivity contribution in [3.63, 3.8) is 0 Å². The van der Waals surface area contributed by atoms with Gasteiger partial charge >= 0.3 is 0 Å². The van der Waals surface area contributed by atoms with E-state index in [-0.39, 0.29) is 41.0 Å². The lowest BCUT2D eigenvalue weighted by Crippen LogP contribution is -2.38. The molecule has 0 radical (unpaired) electrons. The number of rotatable bonds is 4. The number of guanidine groups is 1. The molecule has 3 N–H and O–H groups in total. The number of nitrogens with two attached hydrogens (primary N) is 1. The van der Waals surface area contributed by atoms with Gasteiger partial charge in [0.2, 0.25) is 0 Å². The molecule has 3 rings (SSSR count). The van der Waals surface area contributed by atoms with Gasteiger partial charge in [0.25, 0.3) is 0 Å². The fourth-order valence-corrected chi connectivity index (χ4v) is 3.10. The smallest absolute Gasteiger partial charge is 0.193 e. The Kier molecular flexibility index (Phi) is 7.33. The molecule has 4 nitrogen and oxygen atoms in total. The first-order chi connectivity index (χ1) is 12.1. The Balaban J connectivity index is 0.00000243. The number of ether oxygens (including phenoxy) is 1. The van der Waals surface area contributed by atoms with Crippen molar-refractivity contribution in [2.45, 2.75) is 18.3 Å². The van der Waals surface area contributed by atoms with E-state index >= 15 is 0 Å². The van der Waals surface area contributed by atoms with Gasteiger partial charge in [-0.2, -0.15) is 0 Å². The van der Waals surface area contributed by atoms with Crippen LogP contribution in [0.2, 0.25) is 0 Å². The maximum atomic E-state index is 13.7. The van der Waals surface area contributed by atoms with Crippen molar-refractivity contribution in [3.05, 3.63) is 65.7 Å². The molecule has 0 atom stereocenters. The van der Waals surface area contributed by atoms with Crippen molar-refractivity contribution >= 4 is 35.6 Å². The minimum atomic E-state index is -0.580. The second kappa shape index (κ2) is 9.27. The second-order valence-corrected chi connectivity index (χ2v) is 6.21. The standard InChI is InChI=1S/C19H21F2N3O.HI/c20-15-6-7-16(21)17(12-15)24-18(22)23-13-19(8-10-25-11-9-19)14-4-2-1-3-5-14;/h1-7,12H,8-11,13H2,(H3,22,23,24);1H. The van der Waals surface area contributed by atoms with Crippen LogP contribution in [0.5, 0.6) is 0 Å². The van der Waals surface area contributed by atoms with Gasteiger partial charge in [0.1, 0.15) is 11.6 Å². The van der Waals surface area contributed by atoms with Crippen molar-refractivity contribution in [1.82, 2.24) is 0 Å². The molecule has 0 bridgehead atoms. The van der Waals surface area contributed by atoms with E-state index in [1.54, 1.807) is 0 Å². The summed E-state index contributed by atoms with van der Waals surface area (Å²) in [6, 6.07) is 13.3. The van der Waals surface area contributed by atoms with Crippen LogP contribution in [0.1, 0.15) is 18.4 Å². The van der Waals surface area contributed by atoms with E-state index in [1.807, 2.05) is 18.2 Å². The van der Waals surface area contributed by atoms with Crippen LogP contribution in [0.15, 0.2) is 53.5 Å². The molecular formula is C19H22F2IN3O. The first kappa shape index (κ1) is 20.6. The Labute approximate surface area is 168 Å². The monoisotopic (exact) mass is 473 g/mol. The molecule has 0 spiro atoms. The topological polar surface area (TPSA) is 59.6 Å². The summed E-state index contributed by atoms with van der Waals surface area (Å²) in [5, 5.41) is 2.64. The van der Waals surface area contributed by atoms with Crippen molar-refractivity contribution in [3.8, 4) is 0 Å². The van der Waals surface area contributed by atoms with Crippen LogP contribution < -0.4 is 11.1 Å². The fourth-order valence-electron chi connectivity index (χ4n) is 3.10. The van der Waals surface area contributed by atoms with Crippen molar-refractivity contribution in [1.29, 1.82) is 0 Å². The second-order valence-electron chi connectivity index (χ2n) is 6.21. The van der Waals surface area contributed by atoms with Crippen LogP contribution in [0, 0.1) is 11.6 Å². The average Bonchev–Trinajstić information content (AvgIpc) is 2.65. The van der Waals surface area contributed by atoms with Gasteiger partial charge in [-0.25, -0.2) is 8.78 Å². The van der Waals surface area contributed by atoms with Gasteiger partial charge in [0, 0.05) is 24.7 Å². The zero-order valence-corrected chi connectivity index (χ0v) is 16.6. The van der Waals surface area contributed by atoms with Crippen molar-refractivity contribution in [2.24, 2.45) is 10.7 Å². The highest BCUT2D eigenvalue weighted by atomic mass is 127. The highest BCUT2D eigenvalue weighted by Gasteiger charge is 2.34. The summed E-state index contributed by atoms with van der Waals surface area (Å²) in [6.45, 7) is 1.78. The summed E-state index contributed by atoms with van der Waals surface area (Å²) in [5.41, 5.74) is 6.90. The molecule has 26 heavy (non-hydrogen) atoms. The Bertz CT molecular complexity index is 750. The van der Waals surface area contributed by atoms with Crippen LogP contribution in [0.25, 0.3) is 0 Å². The van der Waals surface area contributed by atoms with Gasteiger partial charge < -0.3 is 15.8 Å². The lowest BCUT2D eigenvalue weighted by atomic mass is 9.74. The van der Waals surface area contributed by atoms with Crippen molar-refractivity contribution in [2.75, 3.05) is 25.1 Å². The molecule has 0 saturated carbocycles. The molecular weight excluding hydrogens is 451 g/mol. The molecule has 1 aliphatic heterocycles. The average molecular weight is 473 g/mol. The minimum absolute atomic E-state index is 0. The maximum absolute atomic E-state index is 13.7. The van der Waals surface area contributed by atoms with Gasteiger partial charge in [-0.05, 0) is 30.5 Å².